The Morgan fingerprint density at radius 2 is 1.47 bits per heavy atom. The quantitative estimate of drug-likeness (QED) is 0.246. The van der Waals surface area contributed by atoms with Crippen molar-refractivity contribution < 1.29 is 22.7 Å². The molecule has 2 atom stereocenters. The van der Waals surface area contributed by atoms with Gasteiger partial charge in [0.2, 0.25) is 0 Å². The minimum absolute atomic E-state index is 0. The lowest BCUT2D eigenvalue weighted by Crippen LogP contribution is -2.54. The summed E-state index contributed by atoms with van der Waals surface area (Å²) < 4.78 is 44.9. The average molecular weight is 712 g/mol. The zero-order valence-corrected chi connectivity index (χ0v) is 29.2. The number of aliphatic imine (C=N–C) groups is 1. The normalized spacial score (nSPS) is 19.0. The van der Waals surface area contributed by atoms with E-state index in [1.165, 1.54) is 0 Å². The van der Waals surface area contributed by atoms with Gasteiger partial charge in [0.15, 0.2) is 0 Å². The van der Waals surface area contributed by atoms with E-state index < -0.39 is 24.7 Å². The number of alkyl halides is 3. The molecule has 2 aliphatic heterocycles. The number of hydrogen-bond acceptors (Lipinski definition) is 4. The molecule has 254 valence electrons. The van der Waals surface area contributed by atoms with Gasteiger partial charge in [-0.25, -0.2) is 4.79 Å². The third kappa shape index (κ3) is 8.74. The van der Waals surface area contributed by atoms with Crippen molar-refractivity contribution in [1.82, 2.24) is 14.7 Å². The molecule has 2 heterocycles. The molecular weight excluding hydrogens is 672 g/mol. The van der Waals surface area contributed by atoms with E-state index in [-0.39, 0.29) is 30.4 Å². The highest BCUT2D eigenvalue weighted by molar-refractivity contribution is 6.30. The Morgan fingerprint density at radius 1 is 0.894 bits per heavy atom. The highest BCUT2D eigenvalue weighted by atomic mass is 35.5. The Hall–Kier alpha value is -2.98. The monoisotopic (exact) mass is 710 g/mol. The Kier molecular flexibility index (Phi) is 11.8. The minimum atomic E-state index is -4.23. The molecule has 2 amide bonds. The van der Waals surface area contributed by atoms with Crippen LogP contribution in [0, 0.1) is 0 Å². The third-order valence-electron chi connectivity index (χ3n) is 8.44. The number of benzene rings is 3. The van der Waals surface area contributed by atoms with Gasteiger partial charge in [-0.1, -0.05) is 74.3 Å². The van der Waals surface area contributed by atoms with E-state index in [0.717, 1.165) is 16.7 Å². The number of amides is 2. The maximum absolute atomic E-state index is 14.7. The summed E-state index contributed by atoms with van der Waals surface area (Å²) in [5, 5.41) is 1.15. The number of nitrogens with zero attached hydrogens (tertiary/aromatic N) is 4. The number of carbonyl (C=O) groups is 1. The number of rotatable bonds is 7. The first kappa shape index (κ1) is 36.8. The molecule has 0 aromatic heterocycles. The lowest BCUT2D eigenvalue weighted by atomic mass is 9.86. The van der Waals surface area contributed by atoms with Gasteiger partial charge in [-0.05, 0) is 65.4 Å². The maximum Gasteiger partial charge on any atom is 0.390 e. The van der Waals surface area contributed by atoms with Gasteiger partial charge in [0, 0.05) is 42.8 Å². The fourth-order valence-corrected chi connectivity index (χ4v) is 6.15. The highest BCUT2D eigenvalue weighted by Gasteiger charge is 2.45. The van der Waals surface area contributed by atoms with Gasteiger partial charge in [0.25, 0.3) is 0 Å². The summed E-state index contributed by atoms with van der Waals surface area (Å²) in [7, 11) is 0. The van der Waals surface area contributed by atoms with Crippen molar-refractivity contribution in [1.29, 1.82) is 0 Å². The first-order chi connectivity index (χ1) is 21.7. The van der Waals surface area contributed by atoms with Crippen LogP contribution in [0.4, 0.5) is 18.0 Å². The number of ether oxygens (including phenoxy) is 1. The van der Waals surface area contributed by atoms with Crippen LogP contribution >= 0.6 is 35.6 Å². The van der Waals surface area contributed by atoms with Gasteiger partial charge in [-0.3, -0.25) is 14.8 Å². The van der Waals surface area contributed by atoms with Crippen molar-refractivity contribution in [3.63, 3.8) is 0 Å². The van der Waals surface area contributed by atoms with Crippen LogP contribution in [0.15, 0.2) is 71.7 Å². The van der Waals surface area contributed by atoms with Crippen LogP contribution in [0.1, 0.15) is 68.5 Å². The average Bonchev–Trinajstić information content (AvgIpc) is 3.40. The largest absolute Gasteiger partial charge is 0.493 e. The summed E-state index contributed by atoms with van der Waals surface area (Å²) in [5.41, 5.74) is 3.33. The predicted molar refractivity (Wildman–Crippen MR) is 184 cm³/mol. The Morgan fingerprint density at radius 3 is 2.00 bits per heavy atom. The zero-order valence-electron chi connectivity index (χ0n) is 26.9. The summed E-state index contributed by atoms with van der Waals surface area (Å²) in [5.74, 6) is 1.09. The molecule has 0 unspecified atom stereocenters. The summed E-state index contributed by atoms with van der Waals surface area (Å²) in [6.45, 7) is 9.90. The van der Waals surface area contributed by atoms with Crippen molar-refractivity contribution in [3.8, 4) is 5.75 Å². The molecule has 6 nitrogen and oxygen atoms in total. The van der Waals surface area contributed by atoms with E-state index in [2.05, 4.69) is 20.8 Å². The first-order valence-electron chi connectivity index (χ1n) is 15.5. The molecule has 47 heavy (non-hydrogen) atoms. The maximum atomic E-state index is 14.7. The van der Waals surface area contributed by atoms with Gasteiger partial charge >= 0.3 is 12.2 Å². The van der Waals surface area contributed by atoms with Crippen molar-refractivity contribution >= 4 is 47.5 Å². The van der Waals surface area contributed by atoms with Gasteiger partial charge < -0.3 is 9.64 Å². The molecule has 0 saturated carbocycles. The topological polar surface area (TPSA) is 48.4 Å². The van der Waals surface area contributed by atoms with Crippen molar-refractivity contribution in [2.75, 3.05) is 39.3 Å². The SMILES string of the molecule is CCOc1cc(C(C)(C)C)ccc1C1=N[C@@H](c2ccc(Cl)cc2)[C@@H](c2ccc(Cl)cc2)N1C(=O)N1CCN(CCC(F)(F)F)CC1.Cl. The molecular formula is C35H40Cl3F3N4O2. The molecule has 0 bridgehead atoms. The molecule has 1 fully saturated rings. The zero-order chi connectivity index (χ0) is 33.2. The van der Waals surface area contributed by atoms with Crippen LogP contribution in [0.2, 0.25) is 10.0 Å². The molecule has 0 N–H and O–H groups in total. The van der Waals surface area contributed by atoms with Crippen LogP contribution in [0.3, 0.4) is 0 Å². The molecule has 5 rings (SSSR count). The van der Waals surface area contributed by atoms with Crippen LogP contribution in [-0.4, -0.2) is 72.1 Å². The van der Waals surface area contributed by atoms with E-state index in [9.17, 15) is 18.0 Å². The number of piperazine rings is 1. The van der Waals surface area contributed by atoms with E-state index in [1.807, 2.05) is 49.4 Å². The first-order valence-corrected chi connectivity index (χ1v) is 16.2. The fourth-order valence-electron chi connectivity index (χ4n) is 5.90. The van der Waals surface area contributed by atoms with Crippen molar-refractivity contribution in [2.24, 2.45) is 4.99 Å². The van der Waals surface area contributed by atoms with Crippen LogP contribution in [0.25, 0.3) is 0 Å². The Bertz CT molecular complexity index is 1550. The number of hydrogen-bond donors (Lipinski definition) is 0. The minimum Gasteiger partial charge on any atom is -0.493 e. The van der Waals surface area contributed by atoms with Crippen LogP contribution in [0.5, 0.6) is 5.75 Å². The van der Waals surface area contributed by atoms with E-state index in [4.69, 9.17) is 32.9 Å². The van der Waals surface area contributed by atoms with Crippen LogP contribution < -0.4 is 4.74 Å². The molecule has 2 aliphatic rings. The van der Waals surface area contributed by atoms with Gasteiger partial charge in [0.05, 0.1) is 24.6 Å². The summed E-state index contributed by atoms with van der Waals surface area (Å²) >= 11 is 12.5. The number of carbonyl (C=O) groups excluding carboxylic acids is 1. The van der Waals surface area contributed by atoms with E-state index in [1.54, 1.807) is 39.0 Å². The molecule has 0 spiro atoms. The fraction of sp³-hybridized carbons (Fsp3) is 0.429. The van der Waals surface area contributed by atoms with Gasteiger partial charge in [-0.2, -0.15) is 13.2 Å². The van der Waals surface area contributed by atoms with Crippen molar-refractivity contribution in [3.05, 3.63) is 99.0 Å². The lowest BCUT2D eigenvalue weighted by molar-refractivity contribution is -0.138. The molecule has 0 radical (unpaired) electrons. The second-order valence-electron chi connectivity index (χ2n) is 12.7. The molecule has 0 aliphatic carbocycles. The Labute approximate surface area is 290 Å². The van der Waals surface area contributed by atoms with Crippen molar-refractivity contribution in [2.45, 2.75) is 57.8 Å². The number of urea groups is 1. The summed E-state index contributed by atoms with van der Waals surface area (Å²) in [6.07, 6.45) is -5.10. The Balaban J connectivity index is 0.00000500. The second-order valence-corrected chi connectivity index (χ2v) is 13.6. The summed E-state index contributed by atoms with van der Waals surface area (Å²) in [6, 6.07) is 19.5. The molecule has 3 aromatic rings. The molecule has 12 heteroatoms. The smallest absolute Gasteiger partial charge is 0.390 e. The highest BCUT2D eigenvalue weighted by Crippen LogP contribution is 2.46. The number of halogens is 6. The predicted octanol–water partition coefficient (Wildman–Crippen LogP) is 9.35. The standard InChI is InChI=1S/C35H39Cl2F3N4O2.ClH/c1-5-46-29-22-25(34(2,3)4)10-15-28(29)32-41-30(23-6-11-26(36)12-7-23)31(24-8-13-27(37)14-9-24)44(32)33(45)43-20-18-42(19-21-43)17-16-35(38,39)40;/h6-15,22,30-31H,5,16-21H2,1-4H3;1H/t30-,31+;/m0./s1. The van der Waals surface area contributed by atoms with Gasteiger partial charge in [0.1, 0.15) is 17.6 Å². The molecule has 3 aromatic carbocycles. The second kappa shape index (κ2) is 15.1. The third-order valence-corrected chi connectivity index (χ3v) is 8.94. The molecule has 1 saturated heterocycles. The van der Waals surface area contributed by atoms with E-state index in [0.29, 0.717) is 60.0 Å². The van der Waals surface area contributed by atoms with E-state index >= 15 is 0 Å². The number of amidine groups is 1. The summed E-state index contributed by atoms with van der Waals surface area (Å²) in [4.78, 5) is 25.1. The lowest BCUT2D eigenvalue weighted by Gasteiger charge is -2.39. The van der Waals surface area contributed by atoms with Gasteiger partial charge in [-0.15, -0.1) is 12.4 Å². The van der Waals surface area contributed by atoms with Crippen LogP contribution in [-0.2, 0) is 5.41 Å².